The van der Waals surface area contributed by atoms with E-state index in [2.05, 4.69) is 5.32 Å². The van der Waals surface area contributed by atoms with Crippen molar-refractivity contribution in [2.75, 3.05) is 13.2 Å². The normalized spacial score (nSPS) is 13.7. The molecule has 144 valence electrons. The lowest BCUT2D eigenvalue weighted by molar-refractivity contribution is 0.107. The van der Waals surface area contributed by atoms with Gasteiger partial charge in [0.05, 0.1) is 26.3 Å². The van der Waals surface area contributed by atoms with E-state index in [0.29, 0.717) is 37.9 Å². The number of carbonyl (C=O) groups excluding carboxylic acids is 1. The molecule has 3 rings (SSSR count). The molecular weight excluding hydrogens is 364 g/mol. The Hall–Kier alpha value is -2.24. The van der Waals surface area contributed by atoms with Gasteiger partial charge >= 0.3 is 6.03 Å². The number of hydrogen-bond acceptors (Lipinski definition) is 3. The second-order valence-corrected chi connectivity index (χ2v) is 7.31. The Morgan fingerprint density at radius 3 is 2.85 bits per heavy atom. The van der Waals surface area contributed by atoms with Crippen LogP contribution in [-0.4, -0.2) is 30.1 Å². The van der Waals surface area contributed by atoms with E-state index in [1.807, 2.05) is 56.3 Å². The molecule has 0 bridgehead atoms. The maximum Gasteiger partial charge on any atom is 0.318 e. The number of urea groups is 1. The first-order valence-electron chi connectivity index (χ1n) is 9.14. The number of hydrogen-bond donors (Lipinski definition) is 1. The van der Waals surface area contributed by atoms with Crippen LogP contribution in [0.1, 0.15) is 30.5 Å². The molecule has 0 aliphatic carbocycles. The molecule has 27 heavy (non-hydrogen) atoms. The third kappa shape index (κ3) is 5.37. The molecule has 0 aromatic heterocycles. The monoisotopic (exact) mass is 388 g/mol. The van der Waals surface area contributed by atoms with E-state index in [0.717, 1.165) is 22.4 Å². The molecule has 0 saturated heterocycles. The highest BCUT2D eigenvalue weighted by atomic mass is 35.5. The Morgan fingerprint density at radius 2 is 2.07 bits per heavy atom. The van der Waals surface area contributed by atoms with Gasteiger partial charge in [-0.05, 0) is 43.2 Å². The Balaban J connectivity index is 1.64. The summed E-state index contributed by atoms with van der Waals surface area (Å²) in [6, 6.07) is 13.7. The summed E-state index contributed by atoms with van der Waals surface area (Å²) in [4.78, 5) is 14.1. The molecular formula is C21H25ClN2O3. The van der Waals surface area contributed by atoms with Crippen molar-refractivity contribution in [3.63, 3.8) is 0 Å². The number of fused-ring (bicyclic) bond motifs is 1. The third-order valence-corrected chi connectivity index (χ3v) is 4.66. The van der Waals surface area contributed by atoms with Crippen molar-refractivity contribution in [3.05, 3.63) is 64.2 Å². The number of nitrogens with one attached hydrogen (secondary N) is 1. The van der Waals surface area contributed by atoms with Gasteiger partial charge < -0.3 is 19.7 Å². The standard InChI is InChI=1S/C21H25ClN2O3/c1-15(2)23-21(25)24-9-10-27-20-8-7-16(11-18(20)12-24)13-26-14-17-5-3-4-6-19(17)22/h3-8,11,15H,9-10,12-14H2,1-2H3,(H,23,25). The summed E-state index contributed by atoms with van der Waals surface area (Å²) in [6.45, 7) is 6.40. The first-order chi connectivity index (χ1) is 13.0. The zero-order valence-electron chi connectivity index (χ0n) is 15.7. The van der Waals surface area contributed by atoms with Crippen LogP contribution in [0.2, 0.25) is 5.02 Å². The van der Waals surface area contributed by atoms with Crippen molar-refractivity contribution in [2.24, 2.45) is 0 Å². The predicted molar refractivity (Wildman–Crippen MR) is 106 cm³/mol. The quantitative estimate of drug-likeness (QED) is 0.827. The first-order valence-corrected chi connectivity index (χ1v) is 9.52. The fourth-order valence-corrected chi connectivity index (χ4v) is 3.13. The van der Waals surface area contributed by atoms with E-state index >= 15 is 0 Å². The van der Waals surface area contributed by atoms with E-state index in [1.165, 1.54) is 0 Å². The molecule has 1 heterocycles. The van der Waals surface area contributed by atoms with Crippen molar-refractivity contribution in [1.29, 1.82) is 0 Å². The molecule has 2 amide bonds. The lowest BCUT2D eigenvalue weighted by Gasteiger charge is -2.22. The summed E-state index contributed by atoms with van der Waals surface area (Å²) in [5.74, 6) is 0.824. The van der Waals surface area contributed by atoms with Gasteiger partial charge in [0.25, 0.3) is 0 Å². The van der Waals surface area contributed by atoms with E-state index in [4.69, 9.17) is 21.1 Å². The van der Waals surface area contributed by atoms with Crippen LogP contribution < -0.4 is 10.1 Å². The number of nitrogens with zero attached hydrogens (tertiary/aromatic N) is 1. The van der Waals surface area contributed by atoms with Gasteiger partial charge in [0.15, 0.2) is 0 Å². The number of rotatable bonds is 5. The summed E-state index contributed by atoms with van der Waals surface area (Å²) in [6.07, 6.45) is 0. The van der Waals surface area contributed by atoms with Crippen LogP contribution in [0.4, 0.5) is 4.79 Å². The number of carbonyl (C=O) groups is 1. The van der Waals surface area contributed by atoms with Gasteiger partial charge in [0, 0.05) is 16.6 Å². The number of benzene rings is 2. The van der Waals surface area contributed by atoms with Crippen LogP contribution in [0.5, 0.6) is 5.75 Å². The molecule has 6 heteroatoms. The first kappa shape index (κ1) is 19.5. The lowest BCUT2D eigenvalue weighted by Crippen LogP contribution is -2.43. The zero-order chi connectivity index (χ0) is 19.2. The smallest absolute Gasteiger partial charge is 0.318 e. The van der Waals surface area contributed by atoms with Crippen molar-refractivity contribution in [1.82, 2.24) is 10.2 Å². The van der Waals surface area contributed by atoms with Crippen LogP contribution in [-0.2, 0) is 24.5 Å². The average molecular weight is 389 g/mol. The maximum atomic E-state index is 12.3. The van der Waals surface area contributed by atoms with Gasteiger partial charge in [-0.1, -0.05) is 35.9 Å². The van der Waals surface area contributed by atoms with Crippen molar-refractivity contribution in [3.8, 4) is 5.75 Å². The van der Waals surface area contributed by atoms with Gasteiger partial charge in [0.1, 0.15) is 12.4 Å². The topological polar surface area (TPSA) is 50.8 Å². The van der Waals surface area contributed by atoms with Crippen molar-refractivity contribution < 1.29 is 14.3 Å². The van der Waals surface area contributed by atoms with Crippen molar-refractivity contribution in [2.45, 2.75) is 39.6 Å². The van der Waals surface area contributed by atoms with E-state index in [1.54, 1.807) is 4.90 Å². The molecule has 2 aromatic carbocycles. The summed E-state index contributed by atoms with van der Waals surface area (Å²) >= 11 is 6.16. The molecule has 5 nitrogen and oxygen atoms in total. The Bertz CT molecular complexity index is 795. The second-order valence-electron chi connectivity index (χ2n) is 6.90. The fraction of sp³-hybridized carbons (Fsp3) is 0.381. The highest BCUT2D eigenvalue weighted by Gasteiger charge is 2.20. The summed E-state index contributed by atoms with van der Waals surface area (Å²) in [7, 11) is 0. The van der Waals surface area contributed by atoms with Crippen LogP contribution in [0.3, 0.4) is 0 Å². The van der Waals surface area contributed by atoms with E-state index < -0.39 is 0 Å². The lowest BCUT2D eigenvalue weighted by atomic mass is 10.1. The van der Waals surface area contributed by atoms with Gasteiger partial charge in [-0.25, -0.2) is 4.79 Å². The Morgan fingerprint density at radius 1 is 1.26 bits per heavy atom. The van der Waals surface area contributed by atoms with Crippen LogP contribution in [0.25, 0.3) is 0 Å². The Labute approximate surface area is 165 Å². The third-order valence-electron chi connectivity index (χ3n) is 4.29. The van der Waals surface area contributed by atoms with Gasteiger partial charge in [0.2, 0.25) is 0 Å². The van der Waals surface area contributed by atoms with Gasteiger partial charge in [-0.15, -0.1) is 0 Å². The van der Waals surface area contributed by atoms with Crippen LogP contribution in [0, 0.1) is 0 Å². The largest absolute Gasteiger partial charge is 0.491 e. The predicted octanol–water partition coefficient (Wildman–Crippen LogP) is 4.37. The highest BCUT2D eigenvalue weighted by Crippen LogP contribution is 2.25. The van der Waals surface area contributed by atoms with Gasteiger partial charge in [-0.3, -0.25) is 0 Å². The molecule has 1 aliphatic heterocycles. The molecule has 0 saturated carbocycles. The molecule has 0 spiro atoms. The van der Waals surface area contributed by atoms with E-state index in [-0.39, 0.29) is 12.1 Å². The number of amides is 2. The molecule has 0 fully saturated rings. The molecule has 0 radical (unpaired) electrons. The minimum atomic E-state index is -0.0678. The van der Waals surface area contributed by atoms with Crippen LogP contribution >= 0.6 is 11.6 Å². The maximum absolute atomic E-state index is 12.3. The molecule has 0 unspecified atom stereocenters. The highest BCUT2D eigenvalue weighted by molar-refractivity contribution is 6.31. The fourth-order valence-electron chi connectivity index (χ4n) is 2.94. The Kier molecular flexibility index (Phi) is 6.58. The number of ether oxygens (including phenoxy) is 2. The number of halogens is 1. The molecule has 0 atom stereocenters. The minimum absolute atomic E-state index is 0.0678. The SMILES string of the molecule is CC(C)NC(=O)N1CCOc2ccc(COCc3ccccc3Cl)cc2C1. The summed E-state index contributed by atoms with van der Waals surface area (Å²) in [5, 5.41) is 3.65. The molecule has 1 aliphatic rings. The molecule has 1 N–H and O–H groups in total. The summed E-state index contributed by atoms with van der Waals surface area (Å²) in [5.41, 5.74) is 2.99. The van der Waals surface area contributed by atoms with Crippen LogP contribution in [0.15, 0.2) is 42.5 Å². The van der Waals surface area contributed by atoms with Gasteiger partial charge in [-0.2, -0.15) is 0 Å². The molecule has 2 aromatic rings. The zero-order valence-corrected chi connectivity index (χ0v) is 16.5. The summed E-state index contributed by atoms with van der Waals surface area (Å²) < 4.78 is 11.6. The average Bonchev–Trinajstić information content (AvgIpc) is 2.85. The minimum Gasteiger partial charge on any atom is -0.491 e. The second kappa shape index (κ2) is 9.11. The van der Waals surface area contributed by atoms with E-state index in [9.17, 15) is 4.79 Å². The van der Waals surface area contributed by atoms with Crippen molar-refractivity contribution >= 4 is 17.6 Å².